The molecule has 0 spiro atoms. The Morgan fingerprint density at radius 3 is 2.50 bits per heavy atom. The van der Waals surface area contributed by atoms with E-state index in [0.29, 0.717) is 5.82 Å². The van der Waals surface area contributed by atoms with Crippen LogP contribution in [0.5, 0.6) is 0 Å². The largest absolute Gasteiger partial charge is 0.383 e. The van der Waals surface area contributed by atoms with Crippen LogP contribution < -0.4 is 5.73 Å². The third-order valence-corrected chi connectivity index (χ3v) is 3.20. The van der Waals surface area contributed by atoms with Gasteiger partial charge in [-0.25, -0.2) is 4.98 Å². The van der Waals surface area contributed by atoms with Crippen LogP contribution in [0.15, 0.2) is 54.6 Å². The maximum Gasteiger partial charge on any atom is 0.126 e. The monoisotopic (exact) mass is 234 g/mol. The van der Waals surface area contributed by atoms with Crippen LogP contribution in [0, 0.1) is 6.92 Å². The average molecular weight is 234 g/mol. The van der Waals surface area contributed by atoms with Gasteiger partial charge in [0, 0.05) is 5.56 Å². The molecular weight excluding hydrogens is 220 g/mol. The summed E-state index contributed by atoms with van der Waals surface area (Å²) < 4.78 is 0. The van der Waals surface area contributed by atoms with Crippen molar-refractivity contribution in [2.75, 3.05) is 5.73 Å². The Kier molecular flexibility index (Phi) is 2.49. The minimum Gasteiger partial charge on any atom is -0.383 e. The van der Waals surface area contributed by atoms with E-state index in [9.17, 15) is 0 Å². The van der Waals surface area contributed by atoms with E-state index in [1.54, 1.807) is 0 Å². The van der Waals surface area contributed by atoms with Crippen molar-refractivity contribution in [2.45, 2.75) is 6.92 Å². The minimum absolute atomic E-state index is 0.598. The predicted octanol–water partition coefficient (Wildman–Crippen LogP) is 3.79. The molecule has 0 aliphatic carbocycles. The molecule has 2 aromatic carbocycles. The number of aromatic nitrogens is 1. The maximum atomic E-state index is 5.89. The zero-order valence-corrected chi connectivity index (χ0v) is 10.2. The Bertz CT molecular complexity index is 712. The molecule has 2 N–H and O–H groups in total. The number of nitrogen functional groups attached to an aromatic ring is 1. The number of benzene rings is 2. The number of nitrogens with two attached hydrogens (primary N) is 1. The van der Waals surface area contributed by atoms with Gasteiger partial charge in [-0.15, -0.1) is 0 Å². The van der Waals surface area contributed by atoms with E-state index in [1.165, 1.54) is 10.8 Å². The maximum absolute atomic E-state index is 5.89. The molecule has 2 nitrogen and oxygen atoms in total. The Balaban J connectivity index is 2.28. The highest BCUT2D eigenvalue weighted by Gasteiger charge is 2.05. The fourth-order valence-electron chi connectivity index (χ4n) is 2.14. The third kappa shape index (κ3) is 1.72. The lowest BCUT2D eigenvalue weighted by Gasteiger charge is -2.07. The van der Waals surface area contributed by atoms with Crippen LogP contribution in [0.2, 0.25) is 0 Å². The first-order valence-electron chi connectivity index (χ1n) is 5.97. The molecule has 0 atom stereocenters. The number of rotatable bonds is 1. The molecule has 0 radical (unpaired) electrons. The van der Waals surface area contributed by atoms with Gasteiger partial charge in [0.2, 0.25) is 0 Å². The average Bonchev–Trinajstić information content (AvgIpc) is 2.41. The second kappa shape index (κ2) is 4.15. The summed E-state index contributed by atoms with van der Waals surface area (Å²) in [5.41, 5.74) is 8.95. The first kappa shape index (κ1) is 10.8. The molecule has 3 aromatic rings. The van der Waals surface area contributed by atoms with Crippen molar-refractivity contribution in [2.24, 2.45) is 0 Å². The van der Waals surface area contributed by atoms with Crippen LogP contribution in [-0.2, 0) is 0 Å². The first-order chi connectivity index (χ1) is 8.75. The van der Waals surface area contributed by atoms with Gasteiger partial charge in [-0.3, -0.25) is 0 Å². The summed E-state index contributed by atoms with van der Waals surface area (Å²) in [5.74, 6) is 0.598. The molecule has 3 rings (SSSR count). The summed E-state index contributed by atoms with van der Waals surface area (Å²) in [5, 5.41) is 2.42. The second-order valence-corrected chi connectivity index (χ2v) is 4.43. The topological polar surface area (TPSA) is 38.9 Å². The van der Waals surface area contributed by atoms with Crippen LogP contribution in [0.3, 0.4) is 0 Å². The van der Waals surface area contributed by atoms with Gasteiger partial charge in [0.15, 0.2) is 0 Å². The highest BCUT2D eigenvalue weighted by atomic mass is 14.8. The molecule has 0 amide bonds. The number of aryl methyl sites for hydroxylation is 1. The summed E-state index contributed by atoms with van der Waals surface area (Å²) in [7, 11) is 0. The molecule has 0 bridgehead atoms. The standard InChI is InChI=1S/C16H14N2/c1-11-9-10-15(18-16(11)17)14-8-4-6-12-5-2-3-7-13(12)14/h2-10H,1H3,(H2,17,18). The van der Waals surface area contributed by atoms with Crippen LogP contribution >= 0.6 is 0 Å². The highest BCUT2D eigenvalue weighted by Crippen LogP contribution is 2.28. The molecule has 0 saturated carbocycles. The number of hydrogen-bond acceptors (Lipinski definition) is 2. The molecule has 0 fully saturated rings. The lowest BCUT2D eigenvalue weighted by Crippen LogP contribution is -1.95. The Morgan fingerprint density at radius 1 is 0.889 bits per heavy atom. The number of hydrogen-bond donors (Lipinski definition) is 1. The van der Waals surface area contributed by atoms with Gasteiger partial charge < -0.3 is 5.73 Å². The fraction of sp³-hybridized carbons (Fsp3) is 0.0625. The highest BCUT2D eigenvalue weighted by molar-refractivity contribution is 5.95. The zero-order chi connectivity index (χ0) is 12.5. The SMILES string of the molecule is Cc1ccc(-c2cccc3ccccc23)nc1N. The predicted molar refractivity (Wildman–Crippen MR) is 76.3 cm³/mol. The van der Waals surface area contributed by atoms with E-state index in [2.05, 4.69) is 35.3 Å². The van der Waals surface area contributed by atoms with Crippen LogP contribution in [0.4, 0.5) is 5.82 Å². The molecule has 18 heavy (non-hydrogen) atoms. The number of pyridine rings is 1. The van der Waals surface area contributed by atoms with E-state index in [-0.39, 0.29) is 0 Å². The lowest BCUT2D eigenvalue weighted by molar-refractivity contribution is 1.28. The number of fused-ring (bicyclic) bond motifs is 1. The third-order valence-electron chi connectivity index (χ3n) is 3.20. The van der Waals surface area contributed by atoms with Crippen molar-refractivity contribution in [3.8, 4) is 11.3 Å². The van der Waals surface area contributed by atoms with E-state index in [4.69, 9.17) is 5.73 Å². The molecule has 0 saturated heterocycles. The second-order valence-electron chi connectivity index (χ2n) is 4.43. The summed E-state index contributed by atoms with van der Waals surface area (Å²) in [6.07, 6.45) is 0. The normalized spacial score (nSPS) is 10.7. The van der Waals surface area contributed by atoms with Gasteiger partial charge in [0.05, 0.1) is 5.69 Å². The van der Waals surface area contributed by atoms with Crippen molar-refractivity contribution < 1.29 is 0 Å². The number of nitrogens with zero attached hydrogens (tertiary/aromatic N) is 1. The Morgan fingerprint density at radius 2 is 1.67 bits per heavy atom. The molecule has 1 aromatic heterocycles. The number of anilines is 1. The molecule has 88 valence electrons. The molecule has 0 aliphatic heterocycles. The van der Waals surface area contributed by atoms with Crippen molar-refractivity contribution in [1.82, 2.24) is 4.98 Å². The molecule has 1 heterocycles. The van der Waals surface area contributed by atoms with Gasteiger partial charge in [0.1, 0.15) is 5.82 Å². The van der Waals surface area contributed by atoms with Gasteiger partial charge >= 0.3 is 0 Å². The summed E-state index contributed by atoms with van der Waals surface area (Å²) >= 11 is 0. The van der Waals surface area contributed by atoms with E-state index >= 15 is 0 Å². The fourth-order valence-corrected chi connectivity index (χ4v) is 2.14. The summed E-state index contributed by atoms with van der Waals surface area (Å²) in [6, 6.07) is 18.6. The summed E-state index contributed by atoms with van der Waals surface area (Å²) in [4.78, 5) is 4.47. The van der Waals surface area contributed by atoms with Crippen LogP contribution in [0.25, 0.3) is 22.0 Å². The smallest absolute Gasteiger partial charge is 0.126 e. The van der Waals surface area contributed by atoms with Gasteiger partial charge in [-0.05, 0) is 29.3 Å². The molecular formula is C16H14N2. The van der Waals surface area contributed by atoms with Crippen molar-refractivity contribution in [1.29, 1.82) is 0 Å². The minimum atomic E-state index is 0.598. The Hall–Kier alpha value is -2.35. The molecule has 2 heteroatoms. The van der Waals surface area contributed by atoms with Crippen LogP contribution in [0.1, 0.15) is 5.56 Å². The summed E-state index contributed by atoms with van der Waals surface area (Å²) in [6.45, 7) is 1.97. The van der Waals surface area contributed by atoms with Gasteiger partial charge in [-0.2, -0.15) is 0 Å². The van der Waals surface area contributed by atoms with Crippen LogP contribution in [-0.4, -0.2) is 4.98 Å². The van der Waals surface area contributed by atoms with Crippen molar-refractivity contribution in [3.63, 3.8) is 0 Å². The quantitative estimate of drug-likeness (QED) is 0.695. The van der Waals surface area contributed by atoms with E-state index in [0.717, 1.165) is 16.8 Å². The van der Waals surface area contributed by atoms with Gasteiger partial charge in [-0.1, -0.05) is 48.5 Å². The Labute approximate surface area is 106 Å². The molecule has 0 aliphatic rings. The van der Waals surface area contributed by atoms with E-state index < -0.39 is 0 Å². The van der Waals surface area contributed by atoms with Crippen molar-refractivity contribution in [3.05, 3.63) is 60.2 Å². The lowest BCUT2D eigenvalue weighted by atomic mass is 10.0. The molecule has 0 unspecified atom stereocenters. The zero-order valence-electron chi connectivity index (χ0n) is 10.2. The van der Waals surface area contributed by atoms with Gasteiger partial charge in [0.25, 0.3) is 0 Å². The first-order valence-corrected chi connectivity index (χ1v) is 5.97. The van der Waals surface area contributed by atoms with Crippen molar-refractivity contribution >= 4 is 16.6 Å². The van der Waals surface area contributed by atoms with E-state index in [1.807, 2.05) is 31.2 Å².